The first-order chi connectivity index (χ1) is 8.31. The smallest absolute Gasteiger partial charge is 0.137 e. The quantitative estimate of drug-likeness (QED) is 0.869. The van der Waals surface area contributed by atoms with Crippen LogP contribution in [0, 0.1) is 17.8 Å². The van der Waals surface area contributed by atoms with Crippen LogP contribution < -0.4 is 4.74 Å². The second-order valence-corrected chi connectivity index (χ2v) is 5.17. The van der Waals surface area contributed by atoms with Gasteiger partial charge >= 0.3 is 0 Å². The summed E-state index contributed by atoms with van der Waals surface area (Å²) in [6, 6.07) is 1.93. The highest BCUT2D eigenvalue weighted by Gasteiger charge is 2.55. The van der Waals surface area contributed by atoms with Gasteiger partial charge in [0.2, 0.25) is 0 Å². The van der Waals surface area contributed by atoms with Gasteiger partial charge in [-0.25, -0.2) is 0 Å². The van der Waals surface area contributed by atoms with Gasteiger partial charge in [0.1, 0.15) is 5.75 Å². The molecule has 3 nitrogen and oxygen atoms in total. The lowest BCUT2D eigenvalue weighted by molar-refractivity contribution is 0.136. The standard InChI is InChI=1S/C14H19NO2/c1-2-17-10-6-9(7-15-8-10)14(16)13-11-4-3-5-12(11)13/h6-8,11-14,16H,2-5H2,1H3. The lowest BCUT2D eigenvalue weighted by Gasteiger charge is -2.13. The fraction of sp³-hybridized carbons (Fsp3) is 0.643. The van der Waals surface area contributed by atoms with Crippen LogP contribution in [0.5, 0.6) is 5.75 Å². The Morgan fingerprint density at radius 2 is 2.18 bits per heavy atom. The zero-order valence-corrected chi connectivity index (χ0v) is 10.2. The Morgan fingerprint density at radius 1 is 1.41 bits per heavy atom. The highest BCUT2D eigenvalue weighted by Crippen LogP contribution is 2.62. The van der Waals surface area contributed by atoms with Crippen LogP contribution in [-0.2, 0) is 0 Å². The zero-order valence-electron chi connectivity index (χ0n) is 10.2. The second-order valence-electron chi connectivity index (χ2n) is 5.17. The Labute approximate surface area is 102 Å². The Bertz CT molecular complexity index is 397. The molecule has 1 aromatic heterocycles. The number of hydrogen-bond acceptors (Lipinski definition) is 3. The molecule has 0 spiro atoms. The number of nitrogens with zero attached hydrogens (tertiary/aromatic N) is 1. The molecule has 2 aliphatic carbocycles. The van der Waals surface area contributed by atoms with Gasteiger partial charge in [0, 0.05) is 11.8 Å². The Morgan fingerprint density at radius 3 is 2.88 bits per heavy atom. The Hall–Kier alpha value is -1.09. The molecule has 2 saturated carbocycles. The predicted molar refractivity (Wildman–Crippen MR) is 64.7 cm³/mol. The third-order valence-corrected chi connectivity index (χ3v) is 4.22. The van der Waals surface area contributed by atoms with Crippen molar-refractivity contribution in [3.8, 4) is 5.75 Å². The van der Waals surface area contributed by atoms with Gasteiger partial charge in [0.25, 0.3) is 0 Å². The fourth-order valence-corrected chi connectivity index (χ4v) is 3.41. The summed E-state index contributed by atoms with van der Waals surface area (Å²) in [6.45, 7) is 2.59. The van der Waals surface area contributed by atoms with Crippen molar-refractivity contribution in [2.75, 3.05) is 6.61 Å². The Kier molecular flexibility index (Phi) is 2.79. The van der Waals surface area contributed by atoms with E-state index in [1.165, 1.54) is 19.3 Å². The first kappa shape index (κ1) is 11.0. The minimum atomic E-state index is -0.349. The van der Waals surface area contributed by atoms with E-state index < -0.39 is 0 Å². The molecule has 3 heteroatoms. The zero-order chi connectivity index (χ0) is 11.8. The summed E-state index contributed by atoms with van der Waals surface area (Å²) in [5.74, 6) is 2.76. The molecule has 0 saturated heterocycles. The van der Waals surface area contributed by atoms with E-state index in [2.05, 4.69) is 4.98 Å². The lowest BCUT2D eigenvalue weighted by Crippen LogP contribution is -2.05. The third kappa shape index (κ3) is 1.93. The van der Waals surface area contributed by atoms with Crippen LogP contribution in [0.2, 0.25) is 0 Å². The number of aliphatic hydroxyl groups is 1. The van der Waals surface area contributed by atoms with Gasteiger partial charge in [-0.3, -0.25) is 4.98 Å². The van der Waals surface area contributed by atoms with Crippen LogP contribution in [0.3, 0.4) is 0 Å². The molecule has 1 aromatic rings. The molecule has 0 bridgehead atoms. The van der Waals surface area contributed by atoms with Gasteiger partial charge in [0.05, 0.1) is 18.9 Å². The molecule has 1 heterocycles. The van der Waals surface area contributed by atoms with Crippen molar-refractivity contribution >= 4 is 0 Å². The lowest BCUT2D eigenvalue weighted by atomic mass is 10.0. The van der Waals surface area contributed by atoms with E-state index in [9.17, 15) is 5.11 Å². The van der Waals surface area contributed by atoms with Gasteiger partial charge in [-0.2, -0.15) is 0 Å². The summed E-state index contributed by atoms with van der Waals surface area (Å²) >= 11 is 0. The van der Waals surface area contributed by atoms with Gasteiger partial charge in [-0.15, -0.1) is 0 Å². The first-order valence-electron chi connectivity index (χ1n) is 6.57. The van der Waals surface area contributed by atoms with E-state index in [1.807, 2.05) is 13.0 Å². The summed E-state index contributed by atoms with van der Waals surface area (Å²) in [5, 5.41) is 10.4. The van der Waals surface area contributed by atoms with E-state index in [0.717, 1.165) is 23.1 Å². The maximum absolute atomic E-state index is 10.4. The molecule has 17 heavy (non-hydrogen) atoms. The van der Waals surface area contributed by atoms with Crippen molar-refractivity contribution in [3.63, 3.8) is 0 Å². The minimum absolute atomic E-state index is 0.349. The average molecular weight is 233 g/mol. The minimum Gasteiger partial charge on any atom is -0.492 e. The third-order valence-electron chi connectivity index (χ3n) is 4.22. The number of pyridine rings is 1. The molecular formula is C14H19NO2. The summed E-state index contributed by atoms with van der Waals surface area (Å²) in [4.78, 5) is 4.14. The number of hydrogen-bond donors (Lipinski definition) is 1. The van der Waals surface area contributed by atoms with Crippen molar-refractivity contribution < 1.29 is 9.84 Å². The molecule has 3 unspecified atom stereocenters. The molecule has 3 rings (SSSR count). The summed E-state index contributed by atoms with van der Waals surface area (Å²) < 4.78 is 5.42. The van der Waals surface area contributed by atoms with Crippen molar-refractivity contribution in [1.82, 2.24) is 4.98 Å². The van der Waals surface area contributed by atoms with E-state index in [-0.39, 0.29) is 6.10 Å². The molecule has 0 aliphatic heterocycles. The SMILES string of the molecule is CCOc1cncc(C(O)C2C3CCCC32)c1. The van der Waals surface area contributed by atoms with E-state index >= 15 is 0 Å². The molecule has 0 aromatic carbocycles. The second kappa shape index (κ2) is 4.30. The molecule has 1 N–H and O–H groups in total. The van der Waals surface area contributed by atoms with Crippen LogP contribution >= 0.6 is 0 Å². The monoisotopic (exact) mass is 233 g/mol. The Balaban J connectivity index is 1.73. The van der Waals surface area contributed by atoms with Crippen LogP contribution in [-0.4, -0.2) is 16.7 Å². The number of ether oxygens (including phenoxy) is 1. The van der Waals surface area contributed by atoms with Gasteiger partial charge in [-0.05, 0) is 43.6 Å². The van der Waals surface area contributed by atoms with Crippen molar-refractivity contribution in [2.45, 2.75) is 32.3 Å². The van der Waals surface area contributed by atoms with Crippen LogP contribution in [0.4, 0.5) is 0 Å². The number of rotatable bonds is 4. The van der Waals surface area contributed by atoms with Crippen LogP contribution in [0.25, 0.3) is 0 Å². The van der Waals surface area contributed by atoms with E-state index in [4.69, 9.17) is 4.74 Å². The van der Waals surface area contributed by atoms with Gasteiger partial charge in [0.15, 0.2) is 0 Å². The largest absolute Gasteiger partial charge is 0.492 e. The molecular weight excluding hydrogens is 214 g/mol. The first-order valence-corrected chi connectivity index (χ1v) is 6.57. The predicted octanol–water partition coefficient (Wildman–Crippen LogP) is 2.56. The van der Waals surface area contributed by atoms with Crippen molar-refractivity contribution in [1.29, 1.82) is 0 Å². The number of fused-ring (bicyclic) bond motifs is 1. The molecule has 0 amide bonds. The van der Waals surface area contributed by atoms with E-state index in [0.29, 0.717) is 12.5 Å². The number of aliphatic hydroxyl groups excluding tert-OH is 1. The molecule has 3 atom stereocenters. The fourth-order valence-electron chi connectivity index (χ4n) is 3.41. The molecule has 0 radical (unpaired) electrons. The molecule has 2 aliphatic rings. The van der Waals surface area contributed by atoms with Crippen LogP contribution in [0.1, 0.15) is 37.9 Å². The maximum atomic E-state index is 10.4. The van der Waals surface area contributed by atoms with Gasteiger partial charge in [-0.1, -0.05) is 6.42 Å². The van der Waals surface area contributed by atoms with E-state index in [1.54, 1.807) is 12.4 Å². The highest BCUT2D eigenvalue weighted by molar-refractivity contribution is 5.27. The normalized spacial score (nSPS) is 32.0. The summed E-state index contributed by atoms with van der Waals surface area (Å²) in [5.41, 5.74) is 0.912. The van der Waals surface area contributed by atoms with Crippen molar-refractivity contribution in [2.24, 2.45) is 17.8 Å². The van der Waals surface area contributed by atoms with Crippen LogP contribution in [0.15, 0.2) is 18.5 Å². The van der Waals surface area contributed by atoms with Crippen molar-refractivity contribution in [3.05, 3.63) is 24.0 Å². The highest BCUT2D eigenvalue weighted by atomic mass is 16.5. The number of aromatic nitrogens is 1. The van der Waals surface area contributed by atoms with Gasteiger partial charge < -0.3 is 9.84 Å². The maximum Gasteiger partial charge on any atom is 0.137 e. The summed E-state index contributed by atoms with van der Waals surface area (Å²) in [6.07, 6.45) is 7.05. The molecule has 92 valence electrons. The summed E-state index contributed by atoms with van der Waals surface area (Å²) in [7, 11) is 0. The topological polar surface area (TPSA) is 42.4 Å². The molecule has 2 fully saturated rings. The average Bonchev–Trinajstić information content (AvgIpc) is 2.82.